The third-order valence-corrected chi connectivity index (χ3v) is 4.61. The van der Waals surface area contributed by atoms with Gasteiger partial charge in [-0.05, 0) is 65.1 Å². The van der Waals surface area contributed by atoms with Crippen LogP contribution in [0.25, 0.3) is 0 Å². The summed E-state index contributed by atoms with van der Waals surface area (Å²) in [5, 5.41) is 0. The maximum Gasteiger partial charge on any atom is 0.282 e. The van der Waals surface area contributed by atoms with Crippen LogP contribution >= 0.6 is 22.6 Å². The molecule has 1 aliphatic heterocycles. The van der Waals surface area contributed by atoms with Gasteiger partial charge < -0.3 is 0 Å². The predicted molar refractivity (Wildman–Crippen MR) is 105 cm³/mol. The molecule has 0 radical (unpaired) electrons. The number of benzene rings is 3. The van der Waals surface area contributed by atoms with Gasteiger partial charge in [0.25, 0.3) is 5.91 Å². The van der Waals surface area contributed by atoms with E-state index in [1.807, 2.05) is 78.9 Å². The van der Waals surface area contributed by atoms with Gasteiger partial charge in [-0.3, -0.25) is 9.69 Å². The molecule has 0 aliphatic carbocycles. The number of rotatable bonds is 2. The van der Waals surface area contributed by atoms with Crippen molar-refractivity contribution in [3.05, 3.63) is 88.0 Å². The number of hydrogen-bond acceptors (Lipinski definition) is 2. The third-order valence-electron chi connectivity index (χ3n) is 3.89. The molecule has 0 spiro atoms. The van der Waals surface area contributed by atoms with E-state index in [9.17, 15) is 4.79 Å². The largest absolute Gasteiger partial charge is 0.282 e. The van der Waals surface area contributed by atoms with Gasteiger partial charge in [0.1, 0.15) is 5.71 Å². The number of para-hydroxylation sites is 2. The second kappa shape index (κ2) is 6.20. The third kappa shape index (κ3) is 2.63. The zero-order valence-electron chi connectivity index (χ0n) is 12.7. The lowest BCUT2D eigenvalue weighted by Crippen LogP contribution is -2.25. The van der Waals surface area contributed by atoms with E-state index in [0.717, 1.165) is 26.2 Å². The molecule has 1 heterocycles. The smallest absolute Gasteiger partial charge is 0.275 e. The van der Waals surface area contributed by atoms with E-state index >= 15 is 0 Å². The second-order valence-corrected chi connectivity index (χ2v) is 6.68. The van der Waals surface area contributed by atoms with Gasteiger partial charge in [-0.25, -0.2) is 4.99 Å². The lowest BCUT2D eigenvalue weighted by Gasteiger charge is -2.16. The van der Waals surface area contributed by atoms with Crippen LogP contribution in [-0.4, -0.2) is 11.6 Å². The number of carbonyl (C=O) groups is 1. The number of nitrogens with zero attached hydrogens (tertiary/aromatic N) is 2. The minimum absolute atomic E-state index is 0.0963. The summed E-state index contributed by atoms with van der Waals surface area (Å²) in [4.78, 5) is 19.4. The molecule has 0 unspecified atom stereocenters. The van der Waals surface area contributed by atoms with Crippen molar-refractivity contribution in [3.63, 3.8) is 0 Å². The van der Waals surface area contributed by atoms with E-state index in [1.54, 1.807) is 4.90 Å². The van der Waals surface area contributed by atoms with Gasteiger partial charge in [0, 0.05) is 14.8 Å². The van der Waals surface area contributed by atoms with Crippen LogP contribution in [0.15, 0.2) is 83.9 Å². The summed E-state index contributed by atoms with van der Waals surface area (Å²) in [6, 6.07) is 25.3. The van der Waals surface area contributed by atoms with E-state index in [2.05, 4.69) is 27.6 Å². The molecule has 0 aromatic heterocycles. The van der Waals surface area contributed by atoms with Crippen molar-refractivity contribution in [2.75, 3.05) is 4.90 Å². The van der Waals surface area contributed by atoms with Crippen LogP contribution in [0.2, 0.25) is 0 Å². The molecule has 1 aliphatic rings. The van der Waals surface area contributed by atoms with Gasteiger partial charge in [0.2, 0.25) is 0 Å². The Hall–Kier alpha value is -2.47. The first-order valence-electron chi connectivity index (χ1n) is 7.57. The molecule has 3 aromatic carbocycles. The second-order valence-electron chi connectivity index (χ2n) is 5.43. The van der Waals surface area contributed by atoms with Gasteiger partial charge in [-0.2, -0.15) is 0 Å². The summed E-state index contributed by atoms with van der Waals surface area (Å²) in [6.07, 6.45) is 0. The highest BCUT2D eigenvalue weighted by Crippen LogP contribution is 2.36. The standard InChI is InChI=1S/C20H13IN2O/c21-14-10-12-15(13-11-14)22-19-17-8-4-5-9-18(17)23(20(19)24)16-6-2-1-3-7-16/h1-13H/b22-19-. The Balaban J connectivity index is 1.85. The van der Waals surface area contributed by atoms with Crippen LogP contribution in [0.5, 0.6) is 0 Å². The van der Waals surface area contributed by atoms with Gasteiger partial charge in [0.05, 0.1) is 11.4 Å². The summed E-state index contributed by atoms with van der Waals surface area (Å²) in [5.41, 5.74) is 3.85. The molecule has 24 heavy (non-hydrogen) atoms. The monoisotopic (exact) mass is 424 g/mol. The van der Waals surface area contributed by atoms with Crippen LogP contribution in [0.4, 0.5) is 17.1 Å². The summed E-state index contributed by atoms with van der Waals surface area (Å²) in [5.74, 6) is -0.0963. The first-order valence-corrected chi connectivity index (χ1v) is 8.65. The quantitative estimate of drug-likeness (QED) is 0.528. The molecule has 116 valence electrons. The van der Waals surface area contributed by atoms with E-state index in [1.165, 1.54) is 0 Å². The normalized spacial score (nSPS) is 15.0. The molecule has 3 nitrogen and oxygen atoms in total. The SMILES string of the molecule is O=C1/C(=N\c2ccc(I)cc2)c2ccccc2N1c1ccccc1. The number of carbonyl (C=O) groups excluding carboxylic acids is 1. The number of fused-ring (bicyclic) bond motifs is 1. The Bertz CT molecular complexity index is 933. The maximum atomic E-state index is 13.0. The van der Waals surface area contributed by atoms with Crippen molar-refractivity contribution >= 4 is 51.3 Å². The molecule has 3 aromatic rings. The van der Waals surface area contributed by atoms with Crippen LogP contribution in [0, 0.1) is 3.57 Å². The zero-order chi connectivity index (χ0) is 16.5. The summed E-state index contributed by atoms with van der Waals surface area (Å²) in [6.45, 7) is 0. The summed E-state index contributed by atoms with van der Waals surface area (Å²) < 4.78 is 1.14. The average Bonchev–Trinajstić information content (AvgIpc) is 2.90. The topological polar surface area (TPSA) is 32.7 Å². The highest BCUT2D eigenvalue weighted by molar-refractivity contribution is 14.1. The lowest BCUT2D eigenvalue weighted by atomic mass is 10.1. The Labute approximate surface area is 153 Å². The Morgan fingerprint density at radius 2 is 1.46 bits per heavy atom. The van der Waals surface area contributed by atoms with Crippen LogP contribution < -0.4 is 4.90 Å². The molecule has 0 atom stereocenters. The van der Waals surface area contributed by atoms with Crippen LogP contribution in [0.3, 0.4) is 0 Å². The predicted octanol–water partition coefficient (Wildman–Crippen LogP) is 5.09. The Morgan fingerprint density at radius 1 is 0.792 bits per heavy atom. The van der Waals surface area contributed by atoms with Gasteiger partial charge in [-0.1, -0.05) is 36.4 Å². The Kier molecular flexibility index (Phi) is 3.90. The first kappa shape index (κ1) is 15.1. The fourth-order valence-corrected chi connectivity index (χ4v) is 3.15. The molecular formula is C20H13IN2O. The van der Waals surface area contributed by atoms with Crippen molar-refractivity contribution < 1.29 is 4.79 Å². The first-order chi connectivity index (χ1) is 11.7. The van der Waals surface area contributed by atoms with E-state index in [0.29, 0.717) is 5.71 Å². The van der Waals surface area contributed by atoms with Crippen molar-refractivity contribution in [3.8, 4) is 0 Å². The van der Waals surface area contributed by atoms with Gasteiger partial charge in [0.15, 0.2) is 0 Å². The van der Waals surface area contributed by atoms with E-state index in [-0.39, 0.29) is 5.91 Å². The number of halogens is 1. The van der Waals surface area contributed by atoms with Crippen molar-refractivity contribution in [2.24, 2.45) is 4.99 Å². The average molecular weight is 424 g/mol. The minimum Gasteiger partial charge on any atom is -0.275 e. The molecule has 0 N–H and O–H groups in total. The van der Waals surface area contributed by atoms with E-state index in [4.69, 9.17) is 0 Å². The number of aliphatic imine (C=N–C) groups is 1. The molecule has 4 heteroatoms. The maximum absolute atomic E-state index is 13.0. The van der Waals surface area contributed by atoms with Gasteiger partial charge in [-0.15, -0.1) is 0 Å². The molecule has 0 saturated heterocycles. The van der Waals surface area contributed by atoms with Crippen molar-refractivity contribution in [2.45, 2.75) is 0 Å². The number of amides is 1. The molecule has 0 saturated carbocycles. The van der Waals surface area contributed by atoms with Crippen LogP contribution in [0.1, 0.15) is 5.56 Å². The molecule has 1 amide bonds. The lowest BCUT2D eigenvalue weighted by molar-refractivity contribution is -0.111. The van der Waals surface area contributed by atoms with E-state index < -0.39 is 0 Å². The molecule has 0 bridgehead atoms. The van der Waals surface area contributed by atoms with Crippen molar-refractivity contribution in [1.29, 1.82) is 0 Å². The number of anilines is 2. The summed E-state index contributed by atoms with van der Waals surface area (Å²) >= 11 is 2.25. The fraction of sp³-hybridized carbons (Fsp3) is 0. The Morgan fingerprint density at radius 3 is 2.21 bits per heavy atom. The van der Waals surface area contributed by atoms with Crippen LogP contribution in [-0.2, 0) is 4.79 Å². The summed E-state index contributed by atoms with van der Waals surface area (Å²) in [7, 11) is 0. The molecular weight excluding hydrogens is 411 g/mol. The van der Waals surface area contributed by atoms with Crippen molar-refractivity contribution in [1.82, 2.24) is 0 Å². The molecule has 4 rings (SSSR count). The zero-order valence-corrected chi connectivity index (χ0v) is 14.8. The number of hydrogen-bond donors (Lipinski definition) is 0. The minimum atomic E-state index is -0.0963. The molecule has 0 fully saturated rings. The van der Waals surface area contributed by atoms with Gasteiger partial charge >= 0.3 is 0 Å². The highest BCUT2D eigenvalue weighted by atomic mass is 127. The fourth-order valence-electron chi connectivity index (χ4n) is 2.79. The highest BCUT2D eigenvalue weighted by Gasteiger charge is 2.34.